The van der Waals surface area contributed by atoms with Crippen LogP contribution in [0.1, 0.15) is 46.7 Å². The molecular formula is C16H16O6. The quantitative estimate of drug-likeness (QED) is 0.673. The van der Waals surface area contributed by atoms with E-state index in [9.17, 15) is 19.5 Å². The van der Waals surface area contributed by atoms with E-state index < -0.39 is 11.4 Å². The molecule has 0 aliphatic heterocycles. The number of aromatic hydroxyl groups is 1. The summed E-state index contributed by atoms with van der Waals surface area (Å²) in [5, 5.41) is 10.3. The van der Waals surface area contributed by atoms with E-state index in [2.05, 4.69) is 0 Å². The molecular weight excluding hydrogens is 288 g/mol. The number of carbonyl (C=O) groups excluding carboxylic acids is 2. The molecule has 2 aromatic rings. The van der Waals surface area contributed by atoms with Gasteiger partial charge >= 0.3 is 5.97 Å². The minimum Gasteiger partial charge on any atom is -0.507 e. The van der Waals surface area contributed by atoms with Crippen LogP contribution in [-0.2, 0) is 11.2 Å². The Bertz CT molecular complexity index is 787. The van der Waals surface area contributed by atoms with Crippen LogP contribution in [0, 0.1) is 0 Å². The van der Waals surface area contributed by atoms with E-state index in [1.807, 2.05) is 6.92 Å². The fourth-order valence-corrected chi connectivity index (χ4v) is 2.24. The van der Waals surface area contributed by atoms with Gasteiger partial charge in [-0.1, -0.05) is 13.3 Å². The summed E-state index contributed by atoms with van der Waals surface area (Å²) < 4.78 is 10.3. The first-order valence-electron chi connectivity index (χ1n) is 6.98. The van der Waals surface area contributed by atoms with Crippen molar-refractivity contribution in [3.05, 3.63) is 39.2 Å². The van der Waals surface area contributed by atoms with Crippen molar-refractivity contribution in [3.8, 4) is 5.75 Å². The van der Waals surface area contributed by atoms with Gasteiger partial charge in [0.1, 0.15) is 11.3 Å². The molecule has 116 valence electrons. The van der Waals surface area contributed by atoms with Crippen LogP contribution in [0.4, 0.5) is 0 Å². The van der Waals surface area contributed by atoms with E-state index in [-0.39, 0.29) is 34.6 Å². The first kappa shape index (κ1) is 15.8. The lowest BCUT2D eigenvalue weighted by molar-refractivity contribution is 0.0490. The molecule has 0 amide bonds. The van der Waals surface area contributed by atoms with Crippen molar-refractivity contribution in [2.24, 2.45) is 0 Å². The number of benzene rings is 1. The number of aryl methyl sites for hydroxylation is 1. The number of hydrogen-bond acceptors (Lipinski definition) is 6. The molecule has 22 heavy (non-hydrogen) atoms. The van der Waals surface area contributed by atoms with Gasteiger partial charge in [-0.2, -0.15) is 0 Å². The predicted molar refractivity (Wildman–Crippen MR) is 79.5 cm³/mol. The Balaban J connectivity index is 2.80. The molecule has 0 aliphatic carbocycles. The zero-order valence-electron chi connectivity index (χ0n) is 12.3. The number of hydrogen-bond donors (Lipinski definition) is 1. The third-order valence-corrected chi connectivity index (χ3v) is 3.22. The van der Waals surface area contributed by atoms with Crippen molar-refractivity contribution in [1.82, 2.24) is 0 Å². The van der Waals surface area contributed by atoms with Crippen LogP contribution in [0.5, 0.6) is 5.75 Å². The van der Waals surface area contributed by atoms with Crippen molar-refractivity contribution in [2.75, 3.05) is 6.61 Å². The van der Waals surface area contributed by atoms with Gasteiger partial charge in [0.25, 0.3) is 0 Å². The molecule has 0 bridgehead atoms. The largest absolute Gasteiger partial charge is 0.507 e. The smallest absolute Gasteiger partial charge is 0.374 e. The number of carbonyl (C=O) groups is 2. The van der Waals surface area contributed by atoms with Crippen molar-refractivity contribution in [3.63, 3.8) is 0 Å². The molecule has 1 aromatic carbocycles. The highest BCUT2D eigenvalue weighted by Crippen LogP contribution is 2.31. The number of esters is 1. The van der Waals surface area contributed by atoms with Crippen LogP contribution < -0.4 is 5.43 Å². The molecule has 1 heterocycles. The molecule has 0 atom stereocenters. The maximum atomic E-state index is 12.2. The molecule has 0 saturated carbocycles. The number of fused-ring (bicyclic) bond motifs is 1. The summed E-state index contributed by atoms with van der Waals surface area (Å²) in [6.07, 6.45) is 1.55. The number of phenols is 1. The second-order valence-corrected chi connectivity index (χ2v) is 4.73. The molecule has 0 unspecified atom stereocenters. The van der Waals surface area contributed by atoms with Gasteiger partial charge < -0.3 is 14.3 Å². The maximum absolute atomic E-state index is 12.2. The average Bonchev–Trinajstić information content (AvgIpc) is 2.50. The van der Waals surface area contributed by atoms with Crippen molar-refractivity contribution in [1.29, 1.82) is 0 Å². The van der Waals surface area contributed by atoms with Crippen molar-refractivity contribution in [2.45, 2.75) is 26.7 Å². The summed E-state index contributed by atoms with van der Waals surface area (Å²) in [4.78, 5) is 35.0. The molecule has 0 aliphatic rings. The molecule has 6 heteroatoms. The van der Waals surface area contributed by atoms with Crippen molar-refractivity contribution >= 4 is 23.2 Å². The van der Waals surface area contributed by atoms with E-state index in [0.29, 0.717) is 24.7 Å². The number of phenolic OH excluding ortho intramolecular Hbond substituents is 1. The van der Waals surface area contributed by atoms with Crippen LogP contribution >= 0.6 is 0 Å². The highest BCUT2D eigenvalue weighted by Gasteiger charge is 2.19. The third kappa shape index (κ3) is 2.72. The molecule has 0 radical (unpaired) electrons. The van der Waals surface area contributed by atoms with Gasteiger partial charge in [0, 0.05) is 11.6 Å². The van der Waals surface area contributed by atoms with Gasteiger partial charge in [0.2, 0.25) is 5.76 Å². The summed E-state index contributed by atoms with van der Waals surface area (Å²) in [5.74, 6) is -1.20. The Morgan fingerprint density at radius 2 is 2.09 bits per heavy atom. The molecule has 0 spiro atoms. The Hall–Kier alpha value is -2.63. The summed E-state index contributed by atoms with van der Waals surface area (Å²) in [7, 11) is 0. The lowest BCUT2D eigenvalue weighted by atomic mass is 10.0. The van der Waals surface area contributed by atoms with Crippen LogP contribution in [-0.4, -0.2) is 24.0 Å². The second kappa shape index (κ2) is 6.43. The van der Waals surface area contributed by atoms with Gasteiger partial charge in [0.15, 0.2) is 11.7 Å². The number of aldehydes is 1. The minimum atomic E-state index is -0.747. The lowest BCUT2D eigenvalue weighted by Gasteiger charge is -2.10. The first-order valence-corrected chi connectivity index (χ1v) is 6.98. The number of rotatable bonds is 5. The topological polar surface area (TPSA) is 93.8 Å². The monoisotopic (exact) mass is 304 g/mol. The predicted octanol–water partition coefficient (Wildman–Crippen LogP) is 2.44. The van der Waals surface area contributed by atoms with E-state index in [1.165, 1.54) is 6.07 Å². The van der Waals surface area contributed by atoms with Crippen LogP contribution in [0.3, 0.4) is 0 Å². The van der Waals surface area contributed by atoms with E-state index in [4.69, 9.17) is 9.15 Å². The highest BCUT2D eigenvalue weighted by molar-refractivity contribution is 5.94. The fourth-order valence-electron chi connectivity index (χ4n) is 2.24. The van der Waals surface area contributed by atoms with Gasteiger partial charge in [-0.3, -0.25) is 9.59 Å². The van der Waals surface area contributed by atoms with Gasteiger partial charge in [0.05, 0.1) is 17.6 Å². The first-order chi connectivity index (χ1) is 10.5. The van der Waals surface area contributed by atoms with Gasteiger partial charge in [-0.25, -0.2) is 4.79 Å². The zero-order chi connectivity index (χ0) is 16.3. The Kier molecular flexibility index (Phi) is 4.60. The number of ether oxygens (including phenoxy) is 1. The standard InChI is InChI=1S/C16H16O6/c1-3-5-10-14(19)9(8-17)6-11-12(18)7-13(22-15(10)11)16(20)21-4-2/h6-8,19H,3-5H2,1-2H3. The molecule has 1 aromatic heterocycles. The van der Waals surface area contributed by atoms with Crippen LogP contribution in [0.25, 0.3) is 11.0 Å². The summed E-state index contributed by atoms with van der Waals surface area (Å²) in [5.41, 5.74) is 0.00254. The average molecular weight is 304 g/mol. The van der Waals surface area contributed by atoms with E-state index in [0.717, 1.165) is 6.07 Å². The maximum Gasteiger partial charge on any atom is 0.374 e. The van der Waals surface area contributed by atoms with Gasteiger partial charge in [-0.05, 0) is 19.4 Å². The summed E-state index contributed by atoms with van der Waals surface area (Å²) >= 11 is 0. The summed E-state index contributed by atoms with van der Waals surface area (Å²) in [6.45, 7) is 3.67. The molecule has 0 saturated heterocycles. The Labute approximate surface area is 126 Å². The van der Waals surface area contributed by atoms with E-state index >= 15 is 0 Å². The highest BCUT2D eigenvalue weighted by atomic mass is 16.5. The lowest BCUT2D eigenvalue weighted by Crippen LogP contribution is -2.11. The third-order valence-electron chi connectivity index (χ3n) is 3.22. The second-order valence-electron chi connectivity index (χ2n) is 4.73. The normalized spacial score (nSPS) is 10.6. The zero-order valence-corrected chi connectivity index (χ0v) is 12.3. The SMILES string of the molecule is CCCc1c(O)c(C=O)cc2c(=O)cc(C(=O)OCC)oc12. The molecule has 2 rings (SSSR count). The molecule has 1 N–H and O–H groups in total. The molecule has 0 fully saturated rings. The molecule has 6 nitrogen and oxygen atoms in total. The fraction of sp³-hybridized carbons (Fsp3) is 0.312. The van der Waals surface area contributed by atoms with Crippen LogP contribution in [0.2, 0.25) is 0 Å². The van der Waals surface area contributed by atoms with Gasteiger partial charge in [-0.15, -0.1) is 0 Å². The Morgan fingerprint density at radius 3 is 2.68 bits per heavy atom. The van der Waals surface area contributed by atoms with E-state index in [1.54, 1.807) is 6.92 Å². The van der Waals surface area contributed by atoms with Crippen LogP contribution in [0.15, 0.2) is 21.3 Å². The minimum absolute atomic E-state index is 0.0205. The Morgan fingerprint density at radius 1 is 1.36 bits per heavy atom. The summed E-state index contributed by atoms with van der Waals surface area (Å²) in [6, 6.07) is 2.29. The van der Waals surface area contributed by atoms with Crippen molar-refractivity contribution < 1.29 is 23.8 Å².